The van der Waals surface area contributed by atoms with Crippen LogP contribution in [-0.4, -0.2) is 57.6 Å². The van der Waals surface area contributed by atoms with Crippen LogP contribution in [0.3, 0.4) is 0 Å². The summed E-state index contributed by atoms with van der Waals surface area (Å²) in [4.78, 5) is 39.2. The Kier molecular flexibility index (Phi) is 7.22. The minimum absolute atomic E-state index is 0.0204. The van der Waals surface area contributed by atoms with E-state index in [2.05, 4.69) is 41.5 Å². The van der Waals surface area contributed by atoms with E-state index in [-0.39, 0.29) is 68.9 Å². The largest absolute Gasteiger partial charge is 0.481 e. The third kappa shape index (κ3) is 4.17. The van der Waals surface area contributed by atoms with Crippen molar-refractivity contribution in [1.29, 1.82) is 0 Å². The Balaban J connectivity index is 1.18. The maximum atomic E-state index is 14.6. The molecule has 0 aromatic rings. The molecule has 6 fully saturated rings. The molecule has 2 aliphatic heterocycles. The van der Waals surface area contributed by atoms with Crippen LogP contribution in [0.25, 0.3) is 0 Å². The van der Waals surface area contributed by atoms with Gasteiger partial charge in [-0.25, -0.2) is 0 Å². The fourth-order valence-corrected chi connectivity index (χ4v) is 13.3. The summed E-state index contributed by atoms with van der Waals surface area (Å²) in [6.45, 7) is 15.8. The maximum Gasteiger partial charge on any atom is 0.309 e. The molecular formula is C38H56O8. The van der Waals surface area contributed by atoms with Crippen LogP contribution in [0.2, 0.25) is 0 Å². The van der Waals surface area contributed by atoms with Crippen molar-refractivity contribution in [3.8, 4) is 0 Å². The molecular weight excluding hydrogens is 584 g/mol. The lowest BCUT2D eigenvalue weighted by Gasteiger charge is -2.70. The van der Waals surface area contributed by atoms with Crippen LogP contribution in [-0.2, 0) is 23.9 Å². The number of carboxylic acids is 2. The highest BCUT2D eigenvalue weighted by molar-refractivity contribution is 5.95. The van der Waals surface area contributed by atoms with Crippen LogP contribution in [0.15, 0.2) is 11.6 Å². The number of carbonyl (C=O) groups excluding carboxylic acids is 1. The normalized spacial score (nSPS) is 52.9. The Hall–Kier alpha value is -1.77. The molecule has 0 spiro atoms. The molecule has 14 atom stereocenters. The lowest BCUT2D eigenvalue weighted by Crippen LogP contribution is -2.67. The van der Waals surface area contributed by atoms with E-state index in [0.29, 0.717) is 25.7 Å². The molecule has 3 N–H and O–H groups in total. The van der Waals surface area contributed by atoms with Gasteiger partial charge in [-0.05, 0) is 123 Å². The van der Waals surface area contributed by atoms with E-state index in [1.807, 2.05) is 13.0 Å². The van der Waals surface area contributed by atoms with Gasteiger partial charge in [0.05, 0.1) is 35.6 Å². The number of allylic oxidation sites excluding steroid dienone is 2. The van der Waals surface area contributed by atoms with Crippen LogP contribution < -0.4 is 0 Å². The first-order valence-corrected chi connectivity index (χ1v) is 18.0. The molecule has 0 radical (unpaired) electrons. The molecule has 46 heavy (non-hydrogen) atoms. The van der Waals surface area contributed by atoms with Crippen molar-refractivity contribution in [3.63, 3.8) is 0 Å². The average molecular weight is 641 g/mol. The van der Waals surface area contributed by atoms with Gasteiger partial charge in [-0.15, -0.1) is 0 Å². The minimum atomic E-state index is -1.21. The fraction of sp³-hybridized carbons (Fsp3) is 0.868. The number of carbonyl (C=O) groups is 3. The molecule has 2 bridgehead atoms. The number of ketones is 1. The molecule has 2 saturated heterocycles. The molecule has 2 heterocycles. The van der Waals surface area contributed by atoms with Crippen molar-refractivity contribution >= 4 is 17.7 Å². The zero-order valence-electron chi connectivity index (χ0n) is 28.9. The monoisotopic (exact) mass is 640 g/mol. The summed E-state index contributed by atoms with van der Waals surface area (Å²) in [5.41, 5.74) is -0.541. The van der Waals surface area contributed by atoms with Crippen molar-refractivity contribution < 1.29 is 39.2 Å². The Morgan fingerprint density at radius 3 is 2.24 bits per heavy atom. The number of aliphatic hydroxyl groups excluding tert-OH is 1. The molecule has 8 heteroatoms. The number of carboxylic acid groups (broad SMARTS) is 2. The molecule has 14 unspecified atom stereocenters. The number of aliphatic hydroxyl groups is 1. The van der Waals surface area contributed by atoms with Gasteiger partial charge in [0.2, 0.25) is 0 Å². The van der Waals surface area contributed by atoms with Crippen molar-refractivity contribution in [1.82, 2.24) is 0 Å². The van der Waals surface area contributed by atoms with Crippen LogP contribution in [0.1, 0.15) is 119 Å². The molecule has 5 aliphatic carbocycles. The van der Waals surface area contributed by atoms with Gasteiger partial charge >= 0.3 is 11.9 Å². The highest BCUT2D eigenvalue weighted by Gasteiger charge is 2.70. The number of hydrogen-bond donors (Lipinski definition) is 3. The van der Waals surface area contributed by atoms with E-state index in [1.54, 1.807) is 0 Å². The number of aliphatic carboxylic acids is 2. The number of hydrogen-bond acceptors (Lipinski definition) is 6. The highest BCUT2D eigenvalue weighted by Crippen LogP contribution is 2.75. The minimum Gasteiger partial charge on any atom is -0.481 e. The summed E-state index contributed by atoms with van der Waals surface area (Å²) < 4.78 is 12.4. The van der Waals surface area contributed by atoms with Crippen LogP contribution >= 0.6 is 0 Å². The summed E-state index contributed by atoms with van der Waals surface area (Å²) in [6.07, 6.45) is 8.95. The topological polar surface area (TPSA) is 130 Å². The maximum absolute atomic E-state index is 14.6. The summed E-state index contributed by atoms with van der Waals surface area (Å²) >= 11 is 0. The van der Waals surface area contributed by atoms with E-state index in [1.165, 1.54) is 5.57 Å². The zero-order chi connectivity index (χ0) is 33.4. The van der Waals surface area contributed by atoms with Gasteiger partial charge in [-0.3, -0.25) is 14.4 Å². The Labute approximate surface area is 274 Å². The van der Waals surface area contributed by atoms with E-state index >= 15 is 0 Å². The first-order valence-electron chi connectivity index (χ1n) is 18.0. The fourth-order valence-electron chi connectivity index (χ4n) is 13.3. The molecule has 7 aliphatic rings. The molecule has 0 aromatic carbocycles. The summed E-state index contributed by atoms with van der Waals surface area (Å²) in [5.74, 6) is -2.62. The smallest absolute Gasteiger partial charge is 0.309 e. The Morgan fingerprint density at radius 1 is 0.891 bits per heavy atom. The number of rotatable bonds is 5. The first-order chi connectivity index (χ1) is 21.3. The standard InChI is InChI=1S/C38H56O8/c1-33(2)25-10-13-38(7)29(22(39)18-20-21-19-35(4,32(43)44)15-14-34(21,3)16-17-37(20,38)6)36(25,5)12-11-26(33)46-31(42)28-24-9-8-23(45-24)27(28)30(40)41/h18,21,23-29,31,42H,8-17,19H2,1-7H3,(H,40,41)(H,43,44). The molecule has 0 aromatic heterocycles. The van der Waals surface area contributed by atoms with Crippen LogP contribution in [0.5, 0.6) is 0 Å². The van der Waals surface area contributed by atoms with E-state index in [4.69, 9.17) is 9.47 Å². The predicted octanol–water partition coefficient (Wildman–Crippen LogP) is 6.63. The van der Waals surface area contributed by atoms with Gasteiger partial charge in [0, 0.05) is 5.92 Å². The van der Waals surface area contributed by atoms with Crippen LogP contribution in [0.4, 0.5) is 0 Å². The first kappa shape index (κ1) is 32.8. The van der Waals surface area contributed by atoms with Crippen LogP contribution in [0, 0.1) is 62.1 Å². The number of ether oxygens (including phenoxy) is 2. The number of fused-ring (bicyclic) bond motifs is 9. The van der Waals surface area contributed by atoms with E-state index in [0.717, 1.165) is 44.9 Å². The Morgan fingerprint density at radius 2 is 1.57 bits per heavy atom. The second kappa shape index (κ2) is 10.1. The van der Waals surface area contributed by atoms with Gasteiger partial charge in [-0.1, -0.05) is 47.1 Å². The quantitative estimate of drug-likeness (QED) is 0.286. The van der Waals surface area contributed by atoms with E-state index in [9.17, 15) is 29.7 Å². The van der Waals surface area contributed by atoms with Crippen molar-refractivity contribution in [2.24, 2.45) is 62.1 Å². The molecule has 7 rings (SSSR count). The van der Waals surface area contributed by atoms with Crippen molar-refractivity contribution in [3.05, 3.63) is 11.6 Å². The van der Waals surface area contributed by atoms with Crippen molar-refractivity contribution in [2.75, 3.05) is 0 Å². The Bertz CT molecular complexity index is 1370. The summed E-state index contributed by atoms with van der Waals surface area (Å²) in [5, 5.41) is 31.5. The van der Waals surface area contributed by atoms with Gasteiger partial charge in [0.1, 0.15) is 0 Å². The molecule has 8 nitrogen and oxygen atoms in total. The van der Waals surface area contributed by atoms with E-state index < -0.39 is 35.5 Å². The molecule has 256 valence electrons. The zero-order valence-corrected chi connectivity index (χ0v) is 28.9. The lowest BCUT2D eigenvalue weighted by molar-refractivity contribution is -0.253. The average Bonchev–Trinajstić information content (AvgIpc) is 3.59. The molecule has 4 saturated carbocycles. The van der Waals surface area contributed by atoms with Gasteiger partial charge < -0.3 is 24.8 Å². The lowest BCUT2D eigenvalue weighted by atomic mass is 9.33. The second-order valence-electron chi connectivity index (χ2n) is 18.7. The molecule has 0 amide bonds. The summed E-state index contributed by atoms with van der Waals surface area (Å²) in [7, 11) is 0. The van der Waals surface area contributed by atoms with Gasteiger partial charge in [0.25, 0.3) is 0 Å². The second-order valence-corrected chi connectivity index (χ2v) is 18.7. The highest BCUT2D eigenvalue weighted by atomic mass is 16.6. The SMILES string of the molecule is CC1(C(=O)O)CCC2(C)CCC3(C)C(=CC(=O)C4C5(C)CCC(OC(O)C6C7CCC(O7)C6C(=O)O)C(C)(C)C5CCC43C)C2C1. The third-order valence-corrected chi connectivity index (χ3v) is 16.3. The summed E-state index contributed by atoms with van der Waals surface area (Å²) in [6, 6.07) is 0. The van der Waals surface area contributed by atoms with Gasteiger partial charge in [0.15, 0.2) is 12.1 Å². The van der Waals surface area contributed by atoms with Gasteiger partial charge in [-0.2, -0.15) is 0 Å². The third-order valence-electron chi connectivity index (χ3n) is 16.3. The van der Waals surface area contributed by atoms with Crippen molar-refractivity contribution in [2.45, 2.75) is 144 Å². The predicted molar refractivity (Wildman–Crippen MR) is 170 cm³/mol.